The second-order valence-electron chi connectivity index (χ2n) is 4.87. The summed E-state index contributed by atoms with van der Waals surface area (Å²) in [5, 5.41) is 2.61. The van der Waals surface area contributed by atoms with Crippen LogP contribution < -0.4 is 5.32 Å². The minimum Gasteiger partial charge on any atom is -0.325 e. The lowest BCUT2D eigenvalue weighted by molar-refractivity contribution is -0.129. The average molecular weight is 308 g/mol. The highest BCUT2D eigenvalue weighted by Crippen LogP contribution is 2.26. The van der Waals surface area contributed by atoms with Crippen LogP contribution in [0.2, 0.25) is 0 Å². The Bertz CT molecular complexity index is 566. The van der Waals surface area contributed by atoms with Crippen molar-refractivity contribution in [1.82, 2.24) is 4.90 Å². The first kappa shape index (κ1) is 15.0. The minimum absolute atomic E-state index is 0.0258. The summed E-state index contributed by atoms with van der Waals surface area (Å²) in [7, 11) is 0. The molecule has 1 aromatic rings. The molecule has 1 unspecified atom stereocenters. The molecule has 1 heterocycles. The summed E-state index contributed by atoms with van der Waals surface area (Å²) in [6.45, 7) is 5.71. The lowest BCUT2D eigenvalue weighted by atomic mass is 10.1. The quantitative estimate of drug-likeness (QED) is 0.872. The smallest absolute Gasteiger partial charge is 0.244 e. The van der Waals surface area contributed by atoms with Gasteiger partial charge in [-0.2, -0.15) is 0 Å². The lowest BCUT2D eigenvalue weighted by Gasteiger charge is -2.15. The molecule has 0 bridgehead atoms. The third-order valence-electron chi connectivity index (χ3n) is 2.92. The van der Waals surface area contributed by atoms with Crippen molar-refractivity contribution < 1.29 is 9.59 Å². The highest BCUT2D eigenvalue weighted by molar-refractivity contribution is 8.24. The zero-order chi connectivity index (χ0) is 14.9. The van der Waals surface area contributed by atoms with Crippen LogP contribution in [0.4, 0.5) is 5.69 Å². The molecule has 0 aromatic heterocycles. The molecule has 0 saturated carbocycles. The molecule has 1 aromatic carbocycles. The van der Waals surface area contributed by atoms with Crippen LogP contribution in [0.25, 0.3) is 0 Å². The van der Waals surface area contributed by atoms with E-state index in [0.717, 1.165) is 16.8 Å². The summed E-state index contributed by atoms with van der Waals surface area (Å²) in [5.74, 6) is -0.337. The number of hydrogen-bond donors (Lipinski definition) is 1. The van der Waals surface area contributed by atoms with Crippen molar-refractivity contribution >= 4 is 45.8 Å². The molecule has 1 aliphatic heterocycles. The Balaban J connectivity index is 2.02. The van der Waals surface area contributed by atoms with Crippen LogP contribution in [0.15, 0.2) is 18.2 Å². The Morgan fingerprint density at radius 3 is 2.45 bits per heavy atom. The maximum absolute atomic E-state index is 12.0. The van der Waals surface area contributed by atoms with Gasteiger partial charge in [-0.1, -0.05) is 30.0 Å². The predicted molar refractivity (Wildman–Crippen MR) is 85.9 cm³/mol. The summed E-state index contributed by atoms with van der Waals surface area (Å²) in [6.07, 6.45) is 0. The van der Waals surface area contributed by atoms with Crippen LogP contribution in [0.1, 0.15) is 18.1 Å². The highest BCUT2D eigenvalue weighted by Gasteiger charge is 2.34. The molecule has 1 N–H and O–H groups in total. The molecule has 6 heteroatoms. The van der Waals surface area contributed by atoms with Gasteiger partial charge in [-0.3, -0.25) is 14.5 Å². The lowest BCUT2D eigenvalue weighted by Crippen LogP contribution is -2.37. The molecule has 1 atom stereocenters. The second kappa shape index (κ2) is 5.93. The SMILES string of the molecule is Cc1cc(C)cc(NC(=O)CN2C(=O)C(C)SC2=S)c1. The molecule has 20 heavy (non-hydrogen) atoms. The van der Waals surface area contributed by atoms with Crippen LogP contribution in [-0.2, 0) is 9.59 Å². The number of thiocarbonyl (C=S) groups is 1. The average Bonchev–Trinajstić information content (AvgIpc) is 2.54. The first-order valence-corrected chi connectivity index (χ1v) is 7.56. The maximum Gasteiger partial charge on any atom is 0.244 e. The number of aryl methyl sites for hydroxylation is 2. The highest BCUT2D eigenvalue weighted by atomic mass is 32.2. The van der Waals surface area contributed by atoms with Gasteiger partial charge in [0, 0.05) is 5.69 Å². The van der Waals surface area contributed by atoms with E-state index in [1.165, 1.54) is 16.7 Å². The summed E-state index contributed by atoms with van der Waals surface area (Å²) < 4.78 is 0.470. The van der Waals surface area contributed by atoms with Crippen LogP contribution in [-0.4, -0.2) is 32.8 Å². The van der Waals surface area contributed by atoms with Gasteiger partial charge in [-0.15, -0.1) is 0 Å². The van der Waals surface area contributed by atoms with Gasteiger partial charge in [0.1, 0.15) is 10.9 Å². The van der Waals surface area contributed by atoms with Crippen molar-refractivity contribution in [2.75, 3.05) is 11.9 Å². The Morgan fingerprint density at radius 1 is 1.35 bits per heavy atom. The van der Waals surface area contributed by atoms with Gasteiger partial charge in [0.15, 0.2) is 0 Å². The number of hydrogen-bond acceptors (Lipinski definition) is 4. The van der Waals surface area contributed by atoms with Gasteiger partial charge >= 0.3 is 0 Å². The van der Waals surface area contributed by atoms with Crippen LogP contribution in [0.3, 0.4) is 0 Å². The number of nitrogens with one attached hydrogen (secondary N) is 1. The number of benzene rings is 1. The van der Waals surface area contributed by atoms with Gasteiger partial charge in [-0.25, -0.2) is 0 Å². The van der Waals surface area contributed by atoms with Crippen LogP contribution in [0.5, 0.6) is 0 Å². The van der Waals surface area contributed by atoms with E-state index in [9.17, 15) is 9.59 Å². The zero-order valence-corrected chi connectivity index (χ0v) is 13.2. The number of carbonyl (C=O) groups excluding carboxylic acids is 2. The standard InChI is InChI=1S/C14H16N2O2S2/c1-8-4-9(2)6-11(5-8)15-12(17)7-16-13(18)10(3)20-14(16)19/h4-6,10H,7H2,1-3H3,(H,15,17). The molecular formula is C14H16N2O2S2. The van der Waals surface area contributed by atoms with Crippen molar-refractivity contribution in [1.29, 1.82) is 0 Å². The van der Waals surface area contributed by atoms with Gasteiger partial charge in [0.25, 0.3) is 0 Å². The van der Waals surface area contributed by atoms with E-state index >= 15 is 0 Å². The monoisotopic (exact) mass is 308 g/mol. The molecule has 106 valence electrons. The summed E-state index contributed by atoms with van der Waals surface area (Å²) >= 11 is 6.42. The third-order valence-corrected chi connectivity index (χ3v) is 4.41. The van der Waals surface area contributed by atoms with E-state index in [0.29, 0.717) is 4.32 Å². The Hall–Kier alpha value is -1.40. The summed E-state index contributed by atoms with van der Waals surface area (Å²) in [6, 6.07) is 5.83. The number of anilines is 1. The van der Waals surface area contributed by atoms with Crippen molar-refractivity contribution in [2.24, 2.45) is 0 Å². The number of thioether (sulfide) groups is 1. The Kier molecular flexibility index (Phi) is 4.45. The Labute approximate surface area is 127 Å². The van der Waals surface area contributed by atoms with E-state index in [4.69, 9.17) is 12.2 Å². The van der Waals surface area contributed by atoms with Gasteiger partial charge in [0.2, 0.25) is 11.8 Å². The normalized spacial score (nSPS) is 18.6. The van der Waals surface area contributed by atoms with Crippen molar-refractivity contribution in [3.8, 4) is 0 Å². The van der Waals surface area contributed by atoms with Crippen LogP contribution in [0, 0.1) is 13.8 Å². The first-order chi connectivity index (χ1) is 9.36. The van der Waals surface area contributed by atoms with Crippen LogP contribution >= 0.6 is 24.0 Å². The number of amides is 2. The van der Waals surface area contributed by atoms with E-state index < -0.39 is 0 Å². The zero-order valence-electron chi connectivity index (χ0n) is 11.6. The van der Waals surface area contributed by atoms with Crippen molar-refractivity contribution in [2.45, 2.75) is 26.0 Å². The molecule has 4 nitrogen and oxygen atoms in total. The Morgan fingerprint density at radius 2 is 1.95 bits per heavy atom. The van der Waals surface area contributed by atoms with Gasteiger partial charge in [-0.05, 0) is 44.0 Å². The molecule has 0 spiro atoms. The van der Waals surface area contributed by atoms with Crippen molar-refractivity contribution in [3.05, 3.63) is 29.3 Å². The van der Waals surface area contributed by atoms with E-state index in [-0.39, 0.29) is 23.6 Å². The molecule has 1 fully saturated rings. The fourth-order valence-corrected chi connectivity index (χ4v) is 3.51. The topological polar surface area (TPSA) is 49.4 Å². The second-order valence-corrected chi connectivity index (χ2v) is 6.85. The largest absolute Gasteiger partial charge is 0.325 e. The van der Waals surface area contributed by atoms with E-state index in [1.54, 1.807) is 6.92 Å². The minimum atomic E-state index is -0.236. The fourth-order valence-electron chi connectivity index (χ4n) is 2.11. The molecule has 2 amide bonds. The first-order valence-electron chi connectivity index (χ1n) is 6.27. The van der Waals surface area contributed by atoms with Gasteiger partial charge in [0.05, 0.1) is 5.25 Å². The fraction of sp³-hybridized carbons (Fsp3) is 0.357. The molecule has 1 aliphatic rings. The summed E-state index contributed by atoms with van der Waals surface area (Å²) in [5.41, 5.74) is 2.90. The molecule has 1 saturated heterocycles. The molecule has 0 radical (unpaired) electrons. The number of rotatable bonds is 3. The van der Waals surface area contributed by atoms with Crippen molar-refractivity contribution in [3.63, 3.8) is 0 Å². The molecule has 2 rings (SSSR count). The van der Waals surface area contributed by atoms with E-state index in [1.807, 2.05) is 32.0 Å². The molecule has 0 aliphatic carbocycles. The van der Waals surface area contributed by atoms with E-state index in [2.05, 4.69) is 5.32 Å². The summed E-state index contributed by atoms with van der Waals surface area (Å²) in [4.78, 5) is 25.2. The molecular weight excluding hydrogens is 292 g/mol. The van der Waals surface area contributed by atoms with Gasteiger partial charge < -0.3 is 5.32 Å². The maximum atomic E-state index is 12.0. The number of carbonyl (C=O) groups is 2. The predicted octanol–water partition coefficient (Wildman–Crippen LogP) is 2.49. The third kappa shape index (κ3) is 3.37. The number of nitrogens with zero attached hydrogens (tertiary/aromatic N) is 1.